The minimum absolute atomic E-state index is 0.0467. The van der Waals surface area contributed by atoms with Crippen LogP contribution in [0.1, 0.15) is 52.4 Å². The van der Waals surface area contributed by atoms with Gasteiger partial charge in [0.15, 0.2) is 11.5 Å². The van der Waals surface area contributed by atoms with Crippen LogP contribution in [0.5, 0.6) is 11.5 Å². The van der Waals surface area contributed by atoms with Gasteiger partial charge in [-0.25, -0.2) is 0 Å². The molecule has 1 saturated heterocycles. The van der Waals surface area contributed by atoms with Crippen LogP contribution in [0.2, 0.25) is 0 Å². The number of nitrogens with one attached hydrogen (secondary N) is 2. The standard InChI is InChI=1S/C23H31N3O5/c1-14(2)21(23(29)24-16-6-4-3-5-7-16)25-22(28)15-10-20(27)26(12-15)17-8-9-18-19(11-17)31-13-30-18/h8-9,11,14-16,21H,3-7,10,12-13H2,1-2H3,(H,24,29)(H,25,28)/t15-,21-/m0/s1. The normalized spacial score (nSPS) is 22.0. The van der Waals surface area contributed by atoms with Crippen molar-refractivity contribution >= 4 is 23.4 Å². The highest BCUT2D eigenvalue weighted by Crippen LogP contribution is 2.37. The maximum atomic E-state index is 13.0. The third-order valence-corrected chi connectivity index (χ3v) is 6.36. The number of amides is 3. The van der Waals surface area contributed by atoms with Crippen LogP contribution >= 0.6 is 0 Å². The molecule has 8 nitrogen and oxygen atoms in total. The monoisotopic (exact) mass is 429 g/mol. The van der Waals surface area contributed by atoms with Crippen molar-refractivity contribution < 1.29 is 23.9 Å². The van der Waals surface area contributed by atoms with Crippen LogP contribution in [0.15, 0.2) is 18.2 Å². The van der Waals surface area contributed by atoms with Gasteiger partial charge in [0.2, 0.25) is 24.5 Å². The molecule has 2 aliphatic heterocycles. The van der Waals surface area contributed by atoms with Gasteiger partial charge in [-0.2, -0.15) is 0 Å². The van der Waals surface area contributed by atoms with Crippen LogP contribution in [0, 0.1) is 11.8 Å². The molecule has 2 heterocycles. The minimum Gasteiger partial charge on any atom is -0.454 e. The van der Waals surface area contributed by atoms with E-state index in [-0.39, 0.29) is 49.4 Å². The Morgan fingerprint density at radius 1 is 1.10 bits per heavy atom. The molecule has 0 unspecified atom stereocenters. The summed E-state index contributed by atoms with van der Waals surface area (Å²) in [7, 11) is 0. The molecule has 0 spiro atoms. The van der Waals surface area contributed by atoms with Crippen molar-refractivity contribution in [1.29, 1.82) is 0 Å². The smallest absolute Gasteiger partial charge is 0.243 e. The van der Waals surface area contributed by atoms with E-state index in [0.29, 0.717) is 17.2 Å². The van der Waals surface area contributed by atoms with Crippen molar-refractivity contribution in [2.45, 2.75) is 64.5 Å². The van der Waals surface area contributed by atoms with E-state index in [9.17, 15) is 14.4 Å². The lowest BCUT2D eigenvalue weighted by Crippen LogP contribution is -2.53. The molecule has 0 radical (unpaired) electrons. The summed E-state index contributed by atoms with van der Waals surface area (Å²) in [4.78, 5) is 40.0. The SMILES string of the molecule is CC(C)[C@H](NC(=O)[C@H]1CC(=O)N(c2ccc3c(c2)OCO3)C1)C(=O)NC1CCCCC1. The average molecular weight is 430 g/mol. The summed E-state index contributed by atoms with van der Waals surface area (Å²) >= 11 is 0. The Hall–Kier alpha value is -2.77. The van der Waals surface area contributed by atoms with E-state index in [1.54, 1.807) is 23.1 Å². The minimum atomic E-state index is -0.607. The fourth-order valence-corrected chi connectivity index (χ4v) is 4.53. The Bertz CT molecular complexity index is 850. The largest absolute Gasteiger partial charge is 0.454 e. The van der Waals surface area contributed by atoms with Gasteiger partial charge in [0.05, 0.1) is 5.92 Å². The second-order valence-electron chi connectivity index (χ2n) is 9.02. The predicted octanol–water partition coefficient (Wildman–Crippen LogP) is 2.36. The lowest BCUT2D eigenvalue weighted by atomic mass is 9.94. The van der Waals surface area contributed by atoms with Crippen molar-refractivity contribution in [1.82, 2.24) is 10.6 Å². The molecule has 168 valence electrons. The first kappa shape index (κ1) is 21.5. The Morgan fingerprint density at radius 2 is 1.84 bits per heavy atom. The molecular weight excluding hydrogens is 398 g/mol. The molecule has 31 heavy (non-hydrogen) atoms. The molecule has 0 bridgehead atoms. The number of rotatable bonds is 6. The Morgan fingerprint density at radius 3 is 2.58 bits per heavy atom. The van der Waals surface area contributed by atoms with Gasteiger partial charge in [-0.3, -0.25) is 14.4 Å². The maximum Gasteiger partial charge on any atom is 0.243 e. The highest BCUT2D eigenvalue weighted by Gasteiger charge is 2.37. The van der Waals surface area contributed by atoms with E-state index >= 15 is 0 Å². The van der Waals surface area contributed by atoms with E-state index < -0.39 is 12.0 Å². The first-order valence-corrected chi connectivity index (χ1v) is 11.2. The van der Waals surface area contributed by atoms with Crippen LogP contribution in [-0.4, -0.2) is 43.1 Å². The fourth-order valence-electron chi connectivity index (χ4n) is 4.53. The van der Waals surface area contributed by atoms with Crippen molar-refractivity contribution in [2.75, 3.05) is 18.2 Å². The average Bonchev–Trinajstić information content (AvgIpc) is 3.38. The molecule has 1 aromatic carbocycles. The van der Waals surface area contributed by atoms with Crippen molar-refractivity contribution in [2.24, 2.45) is 11.8 Å². The van der Waals surface area contributed by atoms with Crippen molar-refractivity contribution in [3.63, 3.8) is 0 Å². The Labute approximate surface area is 182 Å². The second-order valence-corrected chi connectivity index (χ2v) is 9.02. The van der Waals surface area contributed by atoms with Gasteiger partial charge in [0.25, 0.3) is 0 Å². The molecule has 4 rings (SSSR count). The number of hydrogen-bond donors (Lipinski definition) is 2. The summed E-state index contributed by atoms with van der Waals surface area (Å²) in [5.74, 6) is 0.190. The first-order chi connectivity index (χ1) is 14.9. The topological polar surface area (TPSA) is 97.0 Å². The van der Waals surface area contributed by atoms with Gasteiger partial charge in [0, 0.05) is 30.8 Å². The zero-order valence-electron chi connectivity index (χ0n) is 18.2. The van der Waals surface area contributed by atoms with E-state index in [2.05, 4.69) is 10.6 Å². The molecule has 8 heteroatoms. The molecule has 2 N–H and O–H groups in total. The highest BCUT2D eigenvalue weighted by atomic mass is 16.7. The predicted molar refractivity (Wildman–Crippen MR) is 115 cm³/mol. The third-order valence-electron chi connectivity index (χ3n) is 6.36. The molecule has 3 aliphatic rings. The van der Waals surface area contributed by atoms with Gasteiger partial charge in [-0.1, -0.05) is 33.1 Å². The van der Waals surface area contributed by atoms with Crippen LogP contribution in [0.25, 0.3) is 0 Å². The number of carbonyl (C=O) groups excluding carboxylic acids is 3. The van der Waals surface area contributed by atoms with Crippen LogP contribution in [0.3, 0.4) is 0 Å². The van der Waals surface area contributed by atoms with E-state index in [0.717, 1.165) is 25.7 Å². The van der Waals surface area contributed by atoms with Gasteiger partial charge in [-0.15, -0.1) is 0 Å². The molecule has 2 fully saturated rings. The molecule has 0 aromatic heterocycles. The zero-order chi connectivity index (χ0) is 22.0. The van der Waals surface area contributed by atoms with Gasteiger partial charge in [-0.05, 0) is 30.9 Å². The zero-order valence-corrected chi connectivity index (χ0v) is 18.2. The van der Waals surface area contributed by atoms with E-state index in [1.807, 2.05) is 13.8 Å². The molecule has 2 atom stereocenters. The fraction of sp³-hybridized carbons (Fsp3) is 0.609. The number of hydrogen-bond acceptors (Lipinski definition) is 5. The van der Waals surface area contributed by atoms with Crippen LogP contribution < -0.4 is 25.0 Å². The van der Waals surface area contributed by atoms with Crippen molar-refractivity contribution in [3.8, 4) is 11.5 Å². The first-order valence-electron chi connectivity index (χ1n) is 11.2. The van der Waals surface area contributed by atoms with Crippen molar-refractivity contribution in [3.05, 3.63) is 18.2 Å². The molecular formula is C23H31N3O5. The third kappa shape index (κ3) is 4.78. The summed E-state index contributed by atoms with van der Waals surface area (Å²) in [6, 6.07) is 4.90. The lowest BCUT2D eigenvalue weighted by molar-refractivity contribution is -0.132. The number of carbonyl (C=O) groups is 3. The summed E-state index contributed by atoms with van der Waals surface area (Å²) in [6.07, 6.45) is 5.58. The van der Waals surface area contributed by atoms with E-state index in [1.165, 1.54) is 6.42 Å². The number of fused-ring (bicyclic) bond motifs is 1. The van der Waals surface area contributed by atoms with E-state index in [4.69, 9.17) is 9.47 Å². The lowest BCUT2D eigenvalue weighted by Gasteiger charge is -2.28. The summed E-state index contributed by atoms with van der Waals surface area (Å²) in [5.41, 5.74) is 0.681. The highest BCUT2D eigenvalue weighted by molar-refractivity contribution is 6.01. The number of benzene rings is 1. The molecule has 1 saturated carbocycles. The maximum absolute atomic E-state index is 13.0. The summed E-state index contributed by atoms with van der Waals surface area (Å²) in [5, 5.41) is 6.01. The molecule has 1 aromatic rings. The Kier molecular flexibility index (Phi) is 6.34. The molecule has 3 amide bonds. The van der Waals surface area contributed by atoms with Gasteiger partial charge in [0.1, 0.15) is 6.04 Å². The Balaban J connectivity index is 1.37. The number of ether oxygens (including phenoxy) is 2. The quantitative estimate of drug-likeness (QED) is 0.724. The summed E-state index contributed by atoms with van der Waals surface area (Å²) in [6.45, 7) is 4.28. The summed E-state index contributed by atoms with van der Waals surface area (Å²) < 4.78 is 10.7. The number of nitrogens with zero attached hydrogens (tertiary/aromatic N) is 1. The number of anilines is 1. The van der Waals surface area contributed by atoms with Crippen LogP contribution in [0.4, 0.5) is 5.69 Å². The van der Waals surface area contributed by atoms with Gasteiger partial charge < -0.3 is 25.0 Å². The van der Waals surface area contributed by atoms with Gasteiger partial charge >= 0.3 is 0 Å². The van der Waals surface area contributed by atoms with Crippen LogP contribution in [-0.2, 0) is 14.4 Å². The second kappa shape index (κ2) is 9.16. The molecule has 1 aliphatic carbocycles.